The van der Waals surface area contributed by atoms with Crippen molar-refractivity contribution in [2.75, 3.05) is 49.1 Å². The largest absolute Gasteiger partial charge is 0.442 e. The minimum atomic E-state index is -2.24. The Morgan fingerprint density at radius 1 is 1.14 bits per heavy atom. The van der Waals surface area contributed by atoms with Gasteiger partial charge in [0, 0.05) is 33.1 Å². The highest BCUT2D eigenvalue weighted by Crippen LogP contribution is 2.35. The van der Waals surface area contributed by atoms with Crippen LogP contribution in [0.25, 0.3) is 0 Å². The van der Waals surface area contributed by atoms with Crippen LogP contribution in [0.5, 0.6) is 0 Å². The number of benzene rings is 1. The van der Waals surface area contributed by atoms with E-state index in [2.05, 4.69) is 10.6 Å². The molecule has 2 aliphatic rings. The van der Waals surface area contributed by atoms with Gasteiger partial charge in [0.2, 0.25) is 9.70 Å². The number of alkyl halides is 6. The molecular formula is C20H22Cl6FN5O4. The Kier molecular flexibility index (Phi) is 9.57. The molecule has 200 valence electrons. The average molecular weight is 628 g/mol. The molecule has 0 saturated carbocycles. The van der Waals surface area contributed by atoms with Crippen LogP contribution in [0.15, 0.2) is 18.2 Å². The van der Waals surface area contributed by atoms with Gasteiger partial charge in [-0.1, -0.05) is 69.6 Å². The van der Waals surface area contributed by atoms with Gasteiger partial charge in [-0.15, -0.1) is 0 Å². The predicted octanol–water partition coefficient (Wildman–Crippen LogP) is 3.59. The summed E-state index contributed by atoms with van der Waals surface area (Å²) < 4.78 is 16.1. The molecule has 2 heterocycles. The number of anilines is 2. The number of nitrogens with one attached hydrogen (secondary N) is 2. The van der Waals surface area contributed by atoms with Crippen molar-refractivity contribution in [3.63, 3.8) is 0 Å². The zero-order valence-corrected chi connectivity index (χ0v) is 23.3. The van der Waals surface area contributed by atoms with Crippen LogP contribution in [0.3, 0.4) is 0 Å². The first-order valence-corrected chi connectivity index (χ1v) is 12.9. The van der Waals surface area contributed by atoms with Crippen LogP contribution < -0.4 is 20.4 Å². The van der Waals surface area contributed by atoms with E-state index in [-0.39, 0.29) is 19.0 Å². The molecule has 2 unspecified atom stereocenters. The van der Waals surface area contributed by atoms with E-state index in [0.717, 1.165) is 0 Å². The SMILES string of the molecule is CC(=O)NCC1CN(c2ccc(N3CCN(C(NC(=O)C(Cl)(Cl)Cl)C(Cl)(Cl)Cl)CC3)c(F)c2)C(=O)O1. The predicted molar refractivity (Wildman–Crippen MR) is 139 cm³/mol. The highest BCUT2D eigenvalue weighted by Gasteiger charge is 2.43. The first-order valence-electron chi connectivity index (χ1n) is 10.6. The summed E-state index contributed by atoms with van der Waals surface area (Å²) in [6, 6.07) is 4.42. The van der Waals surface area contributed by atoms with Crippen molar-refractivity contribution in [2.24, 2.45) is 0 Å². The van der Waals surface area contributed by atoms with E-state index in [1.54, 1.807) is 21.9 Å². The van der Waals surface area contributed by atoms with Crippen LogP contribution in [0.4, 0.5) is 20.6 Å². The van der Waals surface area contributed by atoms with Crippen molar-refractivity contribution >= 4 is 98.9 Å². The minimum Gasteiger partial charge on any atom is -0.442 e. The topological polar surface area (TPSA) is 94.2 Å². The number of rotatable bonds is 6. The summed E-state index contributed by atoms with van der Waals surface area (Å²) in [5.41, 5.74) is 0.646. The number of carbonyl (C=O) groups is 3. The number of hydrogen-bond donors (Lipinski definition) is 2. The van der Waals surface area contributed by atoms with Gasteiger partial charge in [-0.3, -0.25) is 19.4 Å². The van der Waals surface area contributed by atoms with Gasteiger partial charge >= 0.3 is 6.09 Å². The van der Waals surface area contributed by atoms with E-state index in [1.165, 1.54) is 17.9 Å². The molecule has 1 aromatic carbocycles. The molecule has 0 radical (unpaired) electrons. The molecule has 16 heteroatoms. The molecule has 36 heavy (non-hydrogen) atoms. The number of nitrogens with zero attached hydrogens (tertiary/aromatic N) is 3. The lowest BCUT2D eigenvalue weighted by molar-refractivity contribution is -0.122. The Hall–Kier alpha value is -1.14. The highest BCUT2D eigenvalue weighted by atomic mass is 35.6. The number of carbonyl (C=O) groups excluding carboxylic acids is 3. The maximum Gasteiger partial charge on any atom is 0.414 e. The van der Waals surface area contributed by atoms with E-state index in [1.807, 2.05) is 0 Å². The fourth-order valence-corrected chi connectivity index (χ4v) is 4.56. The Morgan fingerprint density at radius 2 is 1.78 bits per heavy atom. The quantitative estimate of drug-likeness (QED) is 0.469. The van der Waals surface area contributed by atoms with Crippen LogP contribution in [0.2, 0.25) is 0 Å². The summed E-state index contributed by atoms with van der Waals surface area (Å²) in [5.74, 6) is -1.73. The van der Waals surface area contributed by atoms with Gasteiger partial charge in [0.25, 0.3) is 9.70 Å². The molecule has 2 fully saturated rings. The van der Waals surface area contributed by atoms with Crippen molar-refractivity contribution in [1.82, 2.24) is 15.5 Å². The molecule has 2 aliphatic heterocycles. The number of cyclic esters (lactones) is 1. The molecule has 2 atom stereocenters. The summed E-state index contributed by atoms with van der Waals surface area (Å²) >= 11 is 35.0. The second-order valence-corrected chi connectivity index (χ2v) is 12.8. The molecular weight excluding hydrogens is 606 g/mol. The number of piperazine rings is 1. The molecule has 0 aromatic heterocycles. The average Bonchev–Trinajstić information content (AvgIpc) is 3.15. The van der Waals surface area contributed by atoms with Crippen molar-refractivity contribution in [3.05, 3.63) is 24.0 Å². The summed E-state index contributed by atoms with van der Waals surface area (Å²) in [6.07, 6.45) is -2.25. The van der Waals surface area contributed by atoms with Crippen LogP contribution in [-0.2, 0) is 14.3 Å². The molecule has 2 saturated heterocycles. The summed E-state index contributed by atoms with van der Waals surface area (Å²) in [4.78, 5) is 40.2. The molecule has 2 N–H and O–H groups in total. The fourth-order valence-electron chi connectivity index (χ4n) is 3.82. The maximum absolute atomic E-state index is 15.1. The van der Waals surface area contributed by atoms with E-state index in [9.17, 15) is 14.4 Å². The second kappa shape index (κ2) is 11.7. The van der Waals surface area contributed by atoms with Gasteiger partial charge in [0.15, 0.2) is 0 Å². The van der Waals surface area contributed by atoms with Crippen LogP contribution in [0, 0.1) is 5.82 Å². The van der Waals surface area contributed by atoms with Gasteiger partial charge < -0.3 is 20.3 Å². The third kappa shape index (κ3) is 7.46. The van der Waals surface area contributed by atoms with E-state index < -0.39 is 37.7 Å². The normalized spacial score (nSPS) is 20.2. The molecule has 0 bridgehead atoms. The number of hydrogen-bond acceptors (Lipinski definition) is 6. The first-order chi connectivity index (χ1) is 16.7. The zero-order chi connectivity index (χ0) is 26.8. The lowest BCUT2D eigenvalue weighted by Crippen LogP contribution is -2.62. The zero-order valence-electron chi connectivity index (χ0n) is 18.7. The van der Waals surface area contributed by atoms with E-state index in [4.69, 9.17) is 74.3 Å². The van der Waals surface area contributed by atoms with Crippen molar-refractivity contribution < 1.29 is 23.5 Å². The Labute approximate surface area is 236 Å². The molecule has 3 amide bonds. The monoisotopic (exact) mass is 625 g/mol. The third-order valence-corrected chi connectivity index (χ3v) is 6.69. The van der Waals surface area contributed by atoms with Crippen molar-refractivity contribution in [1.29, 1.82) is 0 Å². The lowest BCUT2D eigenvalue weighted by Gasteiger charge is -2.42. The smallest absolute Gasteiger partial charge is 0.414 e. The summed E-state index contributed by atoms with van der Waals surface area (Å²) in [5, 5.41) is 5.01. The van der Waals surface area contributed by atoms with Gasteiger partial charge in [-0.25, -0.2) is 9.18 Å². The van der Waals surface area contributed by atoms with Crippen molar-refractivity contribution in [2.45, 2.75) is 26.8 Å². The lowest BCUT2D eigenvalue weighted by atomic mass is 10.2. The summed E-state index contributed by atoms with van der Waals surface area (Å²) in [7, 11) is 0. The van der Waals surface area contributed by atoms with Gasteiger partial charge in [0.05, 0.1) is 24.5 Å². The Bertz CT molecular complexity index is 1000. The second-order valence-electron chi connectivity index (χ2n) is 8.13. The highest BCUT2D eigenvalue weighted by molar-refractivity contribution is 6.76. The number of amides is 3. The maximum atomic E-state index is 15.1. The van der Waals surface area contributed by atoms with Gasteiger partial charge in [0.1, 0.15) is 18.1 Å². The molecule has 9 nitrogen and oxygen atoms in total. The van der Waals surface area contributed by atoms with E-state index in [0.29, 0.717) is 37.6 Å². The molecule has 1 aromatic rings. The van der Waals surface area contributed by atoms with Gasteiger partial charge in [-0.2, -0.15) is 0 Å². The number of ether oxygens (including phenoxy) is 1. The minimum absolute atomic E-state index is 0.166. The fraction of sp³-hybridized carbons (Fsp3) is 0.550. The summed E-state index contributed by atoms with van der Waals surface area (Å²) in [6.45, 7) is 2.96. The molecule has 0 aliphatic carbocycles. The molecule has 3 rings (SSSR count). The Morgan fingerprint density at radius 3 is 2.31 bits per heavy atom. The van der Waals surface area contributed by atoms with Crippen LogP contribution in [-0.4, -0.2) is 81.9 Å². The van der Waals surface area contributed by atoms with Crippen LogP contribution in [0.1, 0.15) is 6.92 Å². The standard InChI is InChI=1S/C20H22Cl6FN5O4/c1-11(33)28-9-13-10-32(18(35)36-13)12-2-3-15(14(27)8-12)30-4-6-31(7-5-30)16(19(21,22)23)29-17(34)20(24,25)26/h2-3,8,13,16H,4-7,9-10H2,1H3,(H,28,33)(H,29,34). The van der Waals surface area contributed by atoms with Crippen molar-refractivity contribution in [3.8, 4) is 0 Å². The molecule has 0 spiro atoms. The van der Waals surface area contributed by atoms with Gasteiger partial charge in [-0.05, 0) is 18.2 Å². The first kappa shape index (κ1) is 29.4. The third-order valence-electron chi connectivity index (χ3n) is 5.55. The Balaban J connectivity index is 1.64. The van der Waals surface area contributed by atoms with E-state index >= 15 is 4.39 Å². The van der Waals surface area contributed by atoms with Crippen LogP contribution >= 0.6 is 69.6 Å². The number of halogens is 7.